The van der Waals surface area contributed by atoms with Crippen molar-refractivity contribution in [3.05, 3.63) is 29.8 Å². The number of aliphatic carboxylic acids is 1. The van der Waals surface area contributed by atoms with Gasteiger partial charge in [0.15, 0.2) is 0 Å². The monoisotopic (exact) mass is 514 g/mol. The van der Waals surface area contributed by atoms with Gasteiger partial charge < -0.3 is 31.9 Å². The number of phenols is 1. The third-order valence-corrected chi connectivity index (χ3v) is 6.05. The van der Waals surface area contributed by atoms with E-state index in [9.17, 15) is 29.4 Å². The predicted octanol–water partition coefficient (Wildman–Crippen LogP) is 0.140. The molecule has 1 aromatic carbocycles. The van der Waals surface area contributed by atoms with Crippen LogP contribution < -0.4 is 21.7 Å². The number of carbonyl (C=O) groups excluding carboxylic acids is 3. The highest BCUT2D eigenvalue weighted by atomic mass is 32.2. The number of carboxylic acids is 1. The van der Waals surface area contributed by atoms with Gasteiger partial charge in [0.1, 0.15) is 23.9 Å². The number of aromatic hydroxyl groups is 1. The van der Waals surface area contributed by atoms with Crippen LogP contribution in [0.1, 0.15) is 25.8 Å². The molecule has 1 rings (SSSR count). The molecule has 0 saturated heterocycles. The zero-order valence-electron chi connectivity index (χ0n) is 19.5. The summed E-state index contributed by atoms with van der Waals surface area (Å²) in [6.45, 7) is 3.43. The van der Waals surface area contributed by atoms with Crippen molar-refractivity contribution >= 4 is 48.1 Å². The van der Waals surface area contributed by atoms with Crippen LogP contribution in [0.4, 0.5) is 0 Å². The molecule has 1 aromatic rings. The minimum Gasteiger partial charge on any atom is -0.508 e. The lowest BCUT2D eigenvalue weighted by molar-refractivity contribution is -0.142. The van der Waals surface area contributed by atoms with E-state index in [1.165, 1.54) is 23.9 Å². The van der Waals surface area contributed by atoms with Crippen molar-refractivity contribution in [2.75, 3.05) is 17.8 Å². The molecule has 0 radical (unpaired) electrons. The Balaban J connectivity index is 2.94. The molecule has 0 bridgehead atoms. The van der Waals surface area contributed by atoms with Crippen LogP contribution in [0.2, 0.25) is 0 Å². The van der Waals surface area contributed by atoms with Gasteiger partial charge in [0.25, 0.3) is 0 Å². The highest BCUT2D eigenvalue weighted by molar-refractivity contribution is 7.98. The molecule has 4 atom stereocenters. The van der Waals surface area contributed by atoms with E-state index < -0.39 is 47.9 Å². The van der Waals surface area contributed by atoms with Crippen molar-refractivity contribution in [1.82, 2.24) is 16.0 Å². The molecule has 0 saturated carbocycles. The van der Waals surface area contributed by atoms with Crippen LogP contribution in [-0.2, 0) is 25.6 Å². The Morgan fingerprint density at radius 2 is 1.59 bits per heavy atom. The summed E-state index contributed by atoms with van der Waals surface area (Å²) in [5.41, 5.74) is 6.29. The number of phenolic OH excluding ortho intramolecular Hbond substituents is 1. The molecule has 34 heavy (non-hydrogen) atoms. The number of rotatable bonds is 14. The summed E-state index contributed by atoms with van der Waals surface area (Å²) in [7, 11) is 0. The Kier molecular flexibility index (Phi) is 12.8. The normalized spacial score (nSPS) is 14.5. The van der Waals surface area contributed by atoms with Gasteiger partial charge in [-0.3, -0.25) is 14.4 Å². The third kappa shape index (κ3) is 9.82. The second-order valence-corrected chi connectivity index (χ2v) is 9.48. The predicted molar refractivity (Wildman–Crippen MR) is 135 cm³/mol. The van der Waals surface area contributed by atoms with Crippen LogP contribution in [0, 0.1) is 5.92 Å². The molecule has 7 N–H and O–H groups in total. The molecule has 4 unspecified atom stereocenters. The molecular weight excluding hydrogens is 480 g/mol. The first-order chi connectivity index (χ1) is 16.0. The van der Waals surface area contributed by atoms with E-state index in [2.05, 4.69) is 28.6 Å². The Morgan fingerprint density at radius 3 is 2.09 bits per heavy atom. The van der Waals surface area contributed by atoms with E-state index >= 15 is 0 Å². The maximum atomic E-state index is 12.9. The van der Waals surface area contributed by atoms with Gasteiger partial charge in [-0.1, -0.05) is 26.0 Å². The van der Waals surface area contributed by atoms with Gasteiger partial charge in [-0.25, -0.2) is 4.79 Å². The van der Waals surface area contributed by atoms with Gasteiger partial charge >= 0.3 is 5.97 Å². The van der Waals surface area contributed by atoms with Crippen LogP contribution >= 0.6 is 24.4 Å². The fraction of sp³-hybridized carbons (Fsp3) is 0.545. The largest absolute Gasteiger partial charge is 0.508 e. The Hall–Kier alpha value is -2.44. The Labute approximate surface area is 209 Å². The highest BCUT2D eigenvalue weighted by Crippen LogP contribution is 2.12. The van der Waals surface area contributed by atoms with Crippen molar-refractivity contribution < 1.29 is 29.4 Å². The molecule has 0 aliphatic heterocycles. The molecule has 10 nitrogen and oxygen atoms in total. The second kappa shape index (κ2) is 14.7. The molecule has 3 amide bonds. The minimum atomic E-state index is -1.24. The standard InChI is InChI=1S/C22H34N4O6S2/c1-12(2)18(26-20(29)16(8-9-34-3)24-19(28)15(23)11-33)21(30)25-17(22(31)32)10-13-4-6-14(27)7-5-13/h4-7,12,15-18,27,33H,8-11,23H2,1-3H3,(H,24,28)(H,25,30)(H,26,29)(H,31,32). The van der Waals surface area contributed by atoms with Gasteiger partial charge in [-0.15, -0.1) is 0 Å². The third-order valence-electron chi connectivity index (χ3n) is 5.01. The number of nitrogens with two attached hydrogens (primary N) is 1. The van der Waals surface area contributed by atoms with Crippen molar-refractivity contribution in [3.63, 3.8) is 0 Å². The summed E-state index contributed by atoms with van der Waals surface area (Å²) in [6, 6.07) is 1.92. The number of amides is 3. The van der Waals surface area contributed by atoms with Gasteiger partial charge in [0.2, 0.25) is 17.7 Å². The average Bonchev–Trinajstić information content (AvgIpc) is 2.79. The molecule has 0 fully saturated rings. The smallest absolute Gasteiger partial charge is 0.326 e. The Bertz CT molecular complexity index is 837. The summed E-state index contributed by atoms with van der Waals surface area (Å²) in [5.74, 6) is -2.60. The molecule has 12 heteroatoms. The van der Waals surface area contributed by atoms with E-state index in [1.54, 1.807) is 26.0 Å². The van der Waals surface area contributed by atoms with Gasteiger partial charge in [0.05, 0.1) is 6.04 Å². The van der Waals surface area contributed by atoms with Gasteiger partial charge in [-0.05, 0) is 42.0 Å². The molecule has 0 aliphatic rings. The van der Waals surface area contributed by atoms with Crippen molar-refractivity contribution in [1.29, 1.82) is 0 Å². The Morgan fingerprint density at radius 1 is 1.00 bits per heavy atom. The number of hydrogen-bond donors (Lipinski definition) is 7. The number of nitrogens with one attached hydrogen (secondary N) is 3. The first kappa shape index (κ1) is 29.6. The highest BCUT2D eigenvalue weighted by Gasteiger charge is 2.31. The van der Waals surface area contributed by atoms with E-state index in [-0.39, 0.29) is 23.8 Å². The number of benzene rings is 1. The first-order valence-corrected chi connectivity index (χ1v) is 12.8. The maximum Gasteiger partial charge on any atom is 0.326 e. The SMILES string of the molecule is CSCCC(NC(=O)C(N)CS)C(=O)NC(C(=O)NC(Cc1ccc(O)cc1)C(=O)O)C(C)C. The number of thioether (sulfide) groups is 1. The van der Waals surface area contributed by atoms with Crippen molar-refractivity contribution in [3.8, 4) is 5.75 Å². The van der Waals surface area contributed by atoms with E-state index in [4.69, 9.17) is 5.73 Å². The topological polar surface area (TPSA) is 171 Å². The van der Waals surface area contributed by atoms with E-state index in [0.717, 1.165) is 0 Å². The summed E-state index contributed by atoms with van der Waals surface area (Å²) >= 11 is 5.49. The van der Waals surface area contributed by atoms with Crippen LogP contribution in [0.5, 0.6) is 5.75 Å². The number of hydrogen-bond acceptors (Lipinski definition) is 8. The molecule has 0 spiro atoms. The number of carbonyl (C=O) groups is 4. The molecule has 0 heterocycles. The molecule has 0 aromatic heterocycles. The summed E-state index contributed by atoms with van der Waals surface area (Å²) in [6.07, 6.45) is 2.18. The summed E-state index contributed by atoms with van der Waals surface area (Å²) in [4.78, 5) is 49.8. The van der Waals surface area contributed by atoms with Crippen LogP contribution in [0.25, 0.3) is 0 Å². The number of thiol groups is 1. The average molecular weight is 515 g/mol. The first-order valence-electron chi connectivity index (χ1n) is 10.8. The van der Waals surface area contributed by atoms with E-state index in [1.807, 2.05) is 6.26 Å². The lowest BCUT2D eigenvalue weighted by Gasteiger charge is -2.27. The minimum absolute atomic E-state index is 0.00582. The lowest BCUT2D eigenvalue weighted by Crippen LogP contribution is -2.58. The molecular formula is C22H34N4O6S2. The second-order valence-electron chi connectivity index (χ2n) is 8.13. The maximum absolute atomic E-state index is 12.9. The zero-order valence-corrected chi connectivity index (χ0v) is 21.2. The fourth-order valence-electron chi connectivity index (χ4n) is 2.98. The lowest BCUT2D eigenvalue weighted by atomic mass is 10.0. The van der Waals surface area contributed by atoms with Crippen molar-refractivity contribution in [2.45, 2.75) is 50.9 Å². The van der Waals surface area contributed by atoms with Gasteiger partial charge in [0, 0.05) is 12.2 Å². The molecule has 0 aliphatic carbocycles. The van der Waals surface area contributed by atoms with E-state index in [0.29, 0.717) is 17.7 Å². The zero-order chi connectivity index (χ0) is 25.8. The summed E-state index contributed by atoms with van der Waals surface area (Å²) in [5, 5.41) is 26.7. The van der Waals surface area contributed by atoms with Crippen LogP contribution in [0.15, 0.2) is 24.3 Å². The molecule has 190 valence electrons. The quantitative estimate of drug-likeness (QED) is 0.172. The summed E-state index contributed by atoms with van der Waals surface area (Å²) < 4.78 is 0. The van der Waals surface area contributed by atoms with Crippen LogP contribution in [-0.4, -0.2) is 75.8 Å². The number of carboxylic acid groups (broad SMARTS) is 1. The van der Waals surface area contributed by atoms with Crippen LogP contribution in [0.3, 0.4) is 0 Å². The van der Waals surface area contributed by atoms with Crippen molar-refractivity contribution in [2.24, 2.45) is 11.7 Å². The fourth-order valence-corrected chi connectivity index (χ4v) is 3.62. The van der Waals surface area contributed by atoms with Gasteiger partial charge in [-0.2, -0.15) is 24.4 Å².